The monoisotopic (exact) mass is 281 g/mol. The standard InChI is InChI=1S/C10H19NO8/c12-1-5(11-4-14)3-18-10-9(17)8(16)7(15)6(2-13)19-10/h4-10,12-13,15-17H,1-3H2,(H,11,14)/t5-,6?,7?,8?,9?,10?/m1/s1. The molecule has 1 aliphatic heterocycles. The van der Waals surface area contributed by atoms with Crippen LogP contribution in [0.25, 0.3) is 0 Å². The maximum absolute atomic E-state index is 10.2. The summed E-state index contributed by atoms with van der Waals surface area (Å²) in [4.78, 5) is 10.2. The minimum atomic E-state index is -1.53. The van der Waals surface area contributed by atoms with Crippen LogP contribution in [0, 0.1) is 0 Å². The lowest BCUT2D eigenvalue weighted by Gasteiger charge is -2.39. The molecule has 9 heteroatoms. The molecule has 112 valence electrons. The Morgan fingerprint density at radius 3 is 2.42 bits per heavy atom. The highest BCUT2D eigenvalue weighted by molar-refractivity contribution is 5.46. The van der Waals surface area contributed by atoms with E-state index in [4.69, 9.17) is 19.7 Å². The topological polar surface area (TPSA) is 149 Å². The first kappa shape index (κ1) is 16.2. The minimum Gasteiger partial charge on any atom is -0.394 e. The average Bonchev–Trinajstić information content (AvgIpc) is 2.42. The summed E-state index contributed by atoms with van der Waals surface area (Å²) in [6.45, 7) is -1.10. The van der Waals surface area contributed by atoms with Gasteiger partial charge in [0.05, 0.1) is 25.9 Å². The molecule has 9 nitrogen and oxygen atoms in total. The quantitative estimate of drug-likeness (QED) is 0.258. The zero-order valence-corrected chi connectivity index (χ0v) is 10.1. The molecule has 0 aromatic heterocycles. The lowest BCUT2D eigenvalue weighted by molar-refractivity contribution is -0.302. The number of ether oxygens (including phenoxy) is 2. The SMILES string of the molecule is O=CN[C@H](CO)COC1OC(CO)C(O)C(O)C1O. The van der Waals surface area contributed by atoms with Gasteiger partial charge in [-0.3, -0.25) is 4.79 Å². The van der Waals surface area contributed by atoms with Gasteiger partial charge in [-0.15, -0.1) is 0 Å². The molecule has 1 rings (SSSR count). The minimum absolute atomic E-state index is 0.169. The van der Waals surface area contributed by atoms with E-state index in [0.717, 1.165) is 0 Å². The second kappa shape index (κ2) is 7.70. The van der Waals surface area contributed by atoms with E-state index in [0.29, 0.717) is 6.41 Å². The second-order valence-corrected chi connectivity index (χ2v) is 4.19. The van der Waals surface area contributed by atoms with Crippen molar-refractivity contribution in [2.24, 2.45) is 0 Å². The third-order valence-electron chi connectivity index (χ3n) is 2.83. The number of nitrogens with one attached hydrogen (secondary N) is 1. The van der Waals surface area contributed by atoms with E-state index in [1.165, 1.54) is 0 Å². The van der Waals surface area contributed by atoms with Gasteiger partial charge in [0.15, 0.2) is 6.29 Å². The first-order valence-electron chi connectivity index (χ1n) is 5.77. The Labute approximate surface area is 109 Å². The van der Waals surface area contributed by atoms with Crippen molar-refractivity contribution in [3.05, 3.63) is 0 Å². The molecule has 0 bridgehead atoms. The van der Waals surface area contributed by atoms with Crippen LogP contribution in [-0.2, 0) is 14.3 Å². The number of carbonyl (C=O) groups is 1. The van der Waals surface area contributed by atoms with Crippen LogP contribution in [0.4, 0.5) is 0 Å². The van der Waals surface area contributed by atoms with Crippen molar-refractivity contribution in [1.29, 1.82) is 0 Å². The molecular weight excluding hydrogens is 262 g/mol. The highest BCUT2D eigenvalue weighted by atomic mass is 16.7. The van der Waals surface area contributed by atoms with Gasteiger partial charge < -0.3 is 40.3 Å². The van der Waals surface area contributed by atoms with Crippen LogP contribution in [0.15, 0.2) is 0 Å². The summed E-state index contributed by atoms with van der Waals surface area (Å²) in [7, 11) is 0. The molecule has 1 heterocycles. The van der Waals surface area contributed by atoms with Gasteiger partial charge >= 0.3 is 0 Å². The summed E-state index contributed by atoms with van der Waals surface area (Å²) < 4.78 is 10.2. The summed E-state index contributed by atoms with van der Waals surface area (Å²) in [5.41, 5.74) is 0. The van der Waals surface area contributed by atoms with Gasteiger partial charge in [-0.1, -0.05) is 0 Å². The molecule has 1 aliphatic rings. The molecule has 0 saturated carbocycles. The Bertz CT molecular complexity index is 276. The Kier molecular flexibility index (Phi) is 6.58. The fourth-order valence-corrected chi connectivity index (χ4v) is 1.67. The number of rotatable bonds is 7. The molecule has 6 N–H and O–H groups in total. The van der Waals surface area contributed by atoms with Crippen molar-refractivity contribution in [2.75, 3.05) is 19.8 Å². The zero-order chi connectivity index (χ0) is 14.4. The number of carbonyl (C=O) groups excluding carboxylic acids is 1. The predicted octanol–water partition coefficient (Wildman–Crippen LogP) is -4.09. The molecule has 6 atom stereocenters. The first-order valence-corrected chi connectivity index (χ1v) is 5.77. The van der Waals surface area contributed by atoms with Crippen LogP contribution >= 0.6 is 0 Å². The van der Waals surface area contributed by atoms with Gasteiger partial charge in [-0.25, -0.2) is 0 Å². The van der Waals surface area contributed by atoms with Gasteiger partial charge in [0, 0.05) is 0 Å². The van der Waals surface area contributed by atoms with Crippen molar-refractivity contribution >= 4 is 6.41 Å². The van der Waals surface area contributed by atoms with E-state index in [-0.39, 0.29) is 13.2 Å². The number of aliphatic hydroxyl groups is 5. The van der Waals surface area contributed by atoms with E-state index >= 15 is 0 Å². The van der Waals surface area contributed by atoms with E-state index < -0.39 is 43.4 Å². The molecule has 0 radical (unpaired) electrons. The normalized spacial score (nSPS) is 36.8. The van der Waals surface area contributed by atoms with E-state index in [2.05, 4.69) is 5.32 Å². The van der Waals surface area contributed by atoms with E-state index in [9.17, 15) is 20.1 Å². The van der Waals surface area contributed by atoms with Crippen LogP contribution in [0.2, 0.25) is 0 Å². The summed E-state index contributed by atoms with van der Waals surface area (Å²) >= 11 is 0. The summed E-state index contributed by atoms with van der Waals surface area (Å²) in [5.74, 6) is 0. The summed E-state index contributed by atoms with van der Waals surface area (Å²) in [5, 5.41) is 48.8. The van der Waals surface area contributed by atoms with Crippen LogP contribution in [0.5, 0.6) is 0 Å². The molecular formula is C10H19NO8. The molecule has 19 heavy (non-hydrogen) atoms. The maximum atomic E-state index is 10.2. The second-order valence-electron chi connectivity index (χ2n) is 4.19. The average molecular weight is 281 g/mol. The maximum Gasteiger partial charge on any atom is 0.207 e. The molecule has 0 aromatic rings. The number of hydrogen-bond donors (Lipinski definition) is 6. The van der Waals surface area contributed by atoms with Crippen LogP contribution in [-0.4, -0.2) is 88.5 Å². The predicted molar refractivity (Wildman–Crippen MR) is 59.8 cm³/mol. The largest absolute Gasteiger partial charge is 0.394 e. The third kappa shape index (κ3) is 4.08. The van der Waals surface area contributed by atoms with Gasteiger partial charge in [-0.2, -0.15) is 0 Å². The van der Waals surface area contributed by atoms with E-state index in [1.54, 1.807) is 0 Å². The Morgan fingerprint density at radius 1 is 1.21 bits per heavy atom. The fourth-order valence-electron chi connectivity index (χ4n) is 1.67. The summed E-state index contributed by atoms with van der Waals surface area (Å²) in [6, 6.07) is -0.690. The molecule has 1 saturated heterocycles. The van der Waals surface area contributed by atoms with Crippen LogP contribution in [0.3, 0.4) is 0 Å². The number of aliphatic hydroxyl groups excluding tert-OH is 5. The van der Waals surface area contributed by atoms with Crippen LogP contribution < -0.4 is 5.32 Å². The van der Waals surface area contributed by atoms with Crippen molar-refractivity contribution in [3.63, 3.8) is 0 Å². The molecule has 0 aliphatic carbocycles. The molecule has 0 aromatic carbocycles. The van der Waals surface area contributed by atoms with Gasteiger partial charge in [0.2, 0.25) is 6.41 Å². The lowest BCUT2D eigenvalue weighted by atomic mass is 9.99. The molecule has 5 unspecified atom stereocenters. The highest BCUT2D eigenvalue weighted by Gasteiger charge is 2.44. The lowest BCUT2D eigenvalue weighted by Crippen LogP contribution is -2.59. The smallest absolute Gasteiger partial charge is 0.207 e. The number of amides is 1. The molecule has 1 fully saturated rings. The molecule has 0 spiro atoms. The Balaban J connectivity index is 2.54. The highest BCUT2D eigenvalue weighted by Crippen LogP contribution is 2.21. The van der Waals surface area contributed by atoms with Crippen LogP contribution in [0.1, 0.15) is 0 Å². The fraction of sp³-hybridized carbons (Fsp3) is 0.900. The van der Waals surface area contributed by atoms with E-state index in [1.807, 2.05) is 0 Å². The van der Waals surface area contributed by atoms with Crippen molar-refractivity contribution < 1.29 is 39.8 Å². The van der Waals surface area contributed by atoms with Crippen molar-refractivity contribution in [2.45, 2.75) is 36.7 Å². The summed E-state index contributed by atoms with van der Waals surface area (Å²) in [6.07, 6.45) is -6.44. The van der Waals surface area contributed by atoms with Gasteiger partial charge in [0.25, 0.3) is 0 Å². The van der Waals surface area contributed by atoms with Crippen molar-refractivity contribution in [1.82, 2.24) is 5.32 Å². The zero-order valence-electron chi connectivity index (χ0n) is 10.1. The van der Waals surface area contributed by atoms with Gasteiger partial charge in [-0.05, 0) is 0 Å². The number of hydrogen-bond acceptors (Lipinski definition) is 8. The van der Waals surface area contributed by atoms with Crippen molar-refractivity contribution in [3.8, 4) is 0 Å². The Hall–Kier alpha value is -0.810. The van der Waals surface area contributed by atoms with Gasteiger partial charge in [0.1, 0.15) is 24.4 Å². The Morgan fingerprint density at radius 2 is 1.89 bits per heavy atom. The molecule has 1 amide bonds. The third-order valence-corrected chi connectivity index (χ3v) is 2.83. The first-order chi connectivity index (χ1) is 9.04.